The predicted molar refractivity (Wildman–Crippen MR) is 77.4 cm³/mol. The molecular formula is C13H28N2O3S. The lowest BCUT2D eigenvalue weighted by atomic mass is 9.91. The number of rotatable bonds is 7. The summed E-state index contributed by atoms with van der Waals surface area (Å²) in [5.41, 5.74) is 6.14. The molecule has 0 aromatic carbocycles. The fourth-order valence-corrected chi connectivity index (χ4v) is 3.58. The SMILES string of the molecule is COC(C)CCC(N)CC1CCCN(S(C)(=O)=O)C1. The van der Waals surface area contributed by atoms with Gasteiger partial charge in [-0.1, -0.05) is 0 Å². The summed E-state index contributed by atoms with van der Waals surface area (Å²) < 4.78 is 29.9. The third-order valence-electron chi connectivity index (χ3n) is 3.93. The van der Waals surface area contributed by atoms with E-state index >= 15 is 0 Å². The van der Waals surface area contributed by atoms with Crippen LogP contribution in [0, 0.1) is 5.92 Å². The van der Waals surface area contributed by atoms with Gasteiger partial charge in [0, 0.05) is 26.2 Å². The lowest BCUT2D eigenvalue weighted by Crippen LogP contribution is -2.41. The fraction of sp³-hybridized carbons (Fsp3) is 1.00. The van der Waals surface area contributed by atoms with Crippen molar-refractivity contribution in [3.63, 3.8) is 0 Å². The summed E-state index contributed by atoms with van der Waals surface area (Å²) in [5, 5.41) is 0. The molecule has 1 aliphatic heterocycles. The molecule has 3 unspecified atom stereocenters. The van der Waals surface area contributed by atoms with Gasteiger partial charge < -0.3 is 10.5 Å². The number of ether oxygens (including phenoxy) is 1. The van der Waals surface area contributed by atoms with E-state index in [0.717, 1.165) is 32.1 Å². The van der Waals surface area contributed by atoms with E-state index in [2.05, 4.69) is 0 Å². The molecule has 0 aromatic rings. The van der Waals surface area contributed by atoms with E-state index in [-0.39, 0.29) is 12.1 Å². The Labute approximate surface area is 117 Å². The maximum atomic E-state index is 11.5. The van der Waals surface area contributed by atoms with Gasteiger partial charge in [-0.05, 0) is 44.9 Å². The van der Waals surface area contributed by atoms with Gasteiger partial charge >= 0.3 is 0 Å². The molecule has 0 aromatic heterocycles. The molecule has 0 aliphatic carbocycles. The summed E-state index contributed by atoms with van der Waals surface area (Å²) in [6, 6.07) is 0.141. The largest absolute Gasteiger partial charge is 0.382 e. The van der Waals surface area contributed by atoms with E-state index < -0.39 is 10.0 Å². The molecule has 0 spiro atoms. The molecule has 1 aliphatic rings. The topological polar surface area (TPSA) is 72.6 Å². The van der Waals surface area contributed by atoms with Gasteiger partial charge in [0.05, 0.1) is 12.4 Å². The molecule has 0 amide bonds. The highest BCUT2D eigenvalue weighted by atomic mass is 32.2. The molecule has 1 fully saturated rings. The minimum atomic E-state index is -3.05. The Balaban J connectivity index is 2.36. The number of nitrogens with two attached hydrogens (primary N) is 1. The number of nitrogens with zero attached hydrogens (tertiary/aromatic N) is 1. The van der Waals surface area contributed by atoms with Crippen LogP contribution in [0.3, 0.4) is 0 Å². The Morgan fingerprint density at radius 2 is 2.11 bits per heavy atom. The van der Waals surface area contributed by atoms with Gasteiger partial charge in [-0.3, -0.25) is 0 Å². The Morgan fingerprint density at radius 1 is 1.42 bits per heavy atom. The van der Waals surface area contributed by atoms with Crippen LogP contribution in [0.4, 0.5) is 0 Å². The Morgan fingerprint density at radius 3 is 2.68 bits per heavy atom. The van der Waals surface area contributed by atoms with Crippen LogP contribution in [0.2, 0.25) is 0 Å². The summed E-state index contributed by atoms with van der Waals surface area (Å²) in [6.07, 6.45) is 6.35. The Bertz CT molecular complexity index is 359. The molecule has 3 atom stereocenters. The van der Waals surface area contributed by atoms with E-state index in [1.807, 2.05) is 6.92 Å². The third-order valence-corrected chi connectivity index (χ3v) is 5.20. The molecular weight excluding hydrogens is 264 g/mol. The number of piperidine rings is 1. The quantitative estimate of drug-likeness (QED) is 0.765. The van der Waals surface area contributed by atoms with Gasteiger partial charge in [-0.25, -0.2) is 12.7 Å². The van der Waals surface area contributed by atoms with Crippen LogP contribution >= 0.6 is 0 Å². The third kappa shape index (κ3) is 6.21. The van der Waals surface area contributed by atoms with Crippen LogP contribution in [-0.2, 0) is 14.8 Å². The summed E-state index contributed by atoms with van der Waals surface area (Å²) in [6.45, 7) is 3.33. The van der Waals surface area contributed by atoms with Crippen LogP contribution in [-0.4, -0.2) is 51.3 Å². The van der Waals surface area contributed by atoms with Gasteiger partial charge in [-0.2, -0.15) is 0 Å². The Kier molecular flexibility index (Phi) is 6.73. The smallest absolute Gasteiger partial charge is 0.211 e. The maximum Gasteiger partial charge on any atom is 0.211 e. The van der Waals surface area contributed by atoms with E-state index in [1.165, 1.54) is 6.26 Å². The number of sulfonamides is 1. The molecule has 0 bridgehead atoms. The van der Waals surface area contributed by atoms with Crippen LogP contribution in [0.1, 0.15) is 39.0 Å². The first-order valence-corrected chi connectivity index (χ1v) is 8.91. The second-order valence-electron chi connectivity index (χ2n) is 5.75. The van der Waals surface area contributed by atoms with Gasteiger partial charge in [0.2, 0.25) is 10.0 Å². The molecule has 6 heteroatoms. The van der Waals surface area contributed by atoms with Crippen LogP contribution in [0.5, 0.6) is 0 Å². The molecule has 1 rings (SSSR count). The summed E-state index contributed by atoms with van der Waals surface area (Å²) in [7, 11) is -1.34. The highest BCUT2D eigenvalue weighted by Gasteiger charge is 2.26. The van der Waals surface area contributed by atoms with E-state index in [0.29, 0.717) is 19.0 Å². The van der Waals surface area contributed by atoms with Crippen molar-refractivity contribution in [1.29, 1.82) is 0 Å². The van der Waals surface area contributed by atoms with E-state index in [4.69, 9.17) is 10.5 Å². The summed E-state index contributed by atoms with van der Waals surface area (Å²) in [4.78, 5) is 0. The van der Waals surface area contributed by atoms with Crippen molar-refractivity contribution >= 4 is 10.0 Å². The van der Waals surface area contributed by atoms with E-state index in [1.54, 1.807) is 11.4 Å². The maximum absolute atomic E-state index is 11.5. The molecule has 5 nitrogen and oxygen atoms in total. The normalized spacial score (nSPS) is 25.2. The second kappa shape index (κ2) is 7.57. The minimum Gasteiger partial charge on any atom is -0.382 e. The fourth-order valence-electron chi connectivity index (χ4n) is 2.63. The molecule has 1 heterocycles. The average molecular weight is 292 g/mol. The first-order valence-electron chi connectivity index (χ1n) is 7.06. The van der Waals surface area contributed by atoms with Crippen molar-refractivity contribution in [2.45, 2.75) is 51.2 Å². The lowest BCUT2D eigenvalue weighted by Gasteiger charge is -2.32. The molecule has 19 heavy (non-hydrogen) atoms. The highest BCUT2D eigenvalue weighted by molar-refractivity contribution is 7.88. The molecule has 0 radical (unpaired) electrons. The first-order chi connectivity index (χ1) is 8.82. The van der Waals surface area contributed by atoms with Gasteiger partial charge in [0.15, 0.2) is 0 Å². The van der Waals surface area contributed by atoms with Crippen LogP contribution < -0.4 is 5.73 Å². The number of methoxy groups -OCH3 is 1. The molecule has 1 saturated heterocycles. The lowest BCUT2D eigenvalue weighted by molar-refractivity contribution is 0.106. The first kappa shape index (κ1) is 16.9. The molecule has 0 saturated carbocycles. The molecule has 2 N–H and O–H groups in total. The zero-order valence-electron chi connectivity index (χ0n) is 12.3. The second-order valence-corrected chi connectivity index (χ2v) is 7.73. The van der Waals surface area contributed by atoms with Crippen molar-refractivity contribution in [3.8, 4) is 0 Å². The van der Waals surface area contributed by atoms with Crippen molar-refractivity contribution in [1.82, 2.24) is 4.31 Å². The zero-order chi connectivity index (χ0) is 14.5. The van der Waals surface area contributed by atoms with Crippen molar-refractivity contribution < 1.29 is 13.2 Å². The van der Waals surface area contributed by atoms with Gasteiger partial charge in [0.1, 0.15) is 0 Å². The Hall–Kier alpha value is -0.170. The monoisotopic (exact) mass is 292 g/mol. The van der Waals surface area contributed by atoms with E-state index in [9.17, 15) is 8.42 Å². The highest BCUT2D eigenvalue weighted by Crippen LogP contribution is 2.23. The number of hydrogen-bond acceptors (Lipinski definition) is 4. The minimum absolute atomic E-state index is 0.141. The standard InChI is InChI=1S/C13H28N2O3S/c1-11(18-2)6-7-13(14)9-12-5-4-8-15(10-12)19(3,16)17/h11-13H,4-10,14H2,1-3H3. The van der Waals surface area contributed by atoms with Crippen LogP contribution in [0.25, 0.3) is 0 Å². The van der Waals surface area contributed by atoms with Gasteiger partial charge in [0.25, 0.3) is 0 Å². The van der Waals surface area contributed by atoms with Gasteiger partial charge in [-0.15, -0.1) is 0 Å². The predicted octanol–water partition coefficient (Wildman–Crippen LogP) is 1.19. The van der Waals surface area contributed by atoms with Crippen molar-refractivity contribution in [2.75, 3.05) is 26.5 Å². The molecule has 114 valence electrons. The summed E-state index contributed by atoms with van der Waals surface area (Å²) in [5.74, 6) is 0.399. The van der Waals surface area contributed by atoms with Crippen molar-refractivity contribution in [2.24, 2.45) is 11.7 Å². The summed E-state index contributed by atoms with van der Waals surface area (Å²) >= 11 is 0. The van der Waals surface area contributed by atoms with Crippen molar-refractivity contribution in [3.05, 3.63) is 0 Å². The zero-order valence-corrected chi connectivity index (χ0v) is 13.2. The van der Waals surface area contributed by atoms with Crippen LogP contribution in [0.15, 0.2) is 0 Å². The average Bonchev–Trinajstić information content (AvgIpc) is 2.35. The number of hydrogen-bond donors (Lipinski definition) is 1.